The lowest BCUT2D eigenvalue weighted by Gasteiger charge is -2.16. The van der Waals surface area contributed by atoms with Gasteiger partial charge in [0.05, 0.1) is 0 Å². The Hall–Kier alpha value is -0.980. The Morgan fingerprint density at radius 2 is 2.20 bits per heavy atom. The van der Waals surface area contributed by atoms with Crippen molar-refractivity contribution in [1.82, 2.24) is 5.32 Å². The predicted molar refractivity (Wildman–Crippen MR) is 80.2 cm³/mol. The lowest BCUT2D eigenvalue weighted by molar-refractivity contribution is 0.205. The van der Waals surface area contributed by atoms with E-state index < -0.39 is 11.6 Å². The van der Waals surface area contributed by atoms with Gasteiger partial charge < -0.3 is 10.1 Å². The first-order chi connectivity index (χ1) is 9.56. The summed E-state index contributed by atoms with van der Waals surface area (Å²) in [6, 6.07) is 6.52. The van der Waals surface area contributed by atoms with Crippen molar-refractivity contribution in [3.05, 3.63) is 50.6 Å². The molecular formula is C14H14BrF2NOS. The second-order valence-corrected chi connectivity index (χ2v) is 6.29. The number of nitrogens with one attached hydrogen (secondary N) is 1. The normalized spacial score (nSPS) is 12.4. The van der Waals surface area contributed by atoms with Crippen LogP contribution < -0.4 is 10.1 Å². The minimum Gasteiger partial charge on any atom is -0.486 e. The number of rotatable bonds is 6. The molecule has 0 bridgehead atoms. The molecule has 1 aromatic carbocycles. The number of thiophene rings is 1. The van der Waals surface area contributed by atoms with Gasteiger partial charge in [-0.3, -0.25) is 0 Å². The third-order valence-corrected chi connectivity index (χ3v) is 3.93. The first kappa shape index (κ1) is 15.4. The zero-order chi connectivity index (χ0) is 14.5. The zero-order valence-corrected chi connectivity index (χ0v) is 13.2. The van der Waals surface area contributed by atoms with Crippen molar-refractivity contribution in [2.45, 2.75) is 19.6 Å². The van der Waals surface area contributed by atoms with Crippen molar-refractivity contribution in [3.8, 4) is 5.75 Å². The highest BCUT2D eigenvalue weighted by Crippen LogP contribution is 2.26. The molecule has 1 unspecified atom stereocenters. The first-order valence-electron chi connectivity index (χ1n) is 6.10. The van der Waals surface area contributed by atoms with Crippen LogP contribution in [0.4, 0.5) is 8.78 Å². The summed E-state index contributed by atoms with van der Waals surface area (Å²) >= 11 is 4.78. The highest BCUT2D eigenvalue weighted by Gasteiger charge is 2.14. The SMILES string of the molecule is CC(CNCc1cccs1)Oc1cc(Br)cc(F)c1F. The van der Waals surface area contributed by atoms with Gasteiger partial charge in [0.15, 0.2) is 11.6 Å². The zero-order valence-electron chi connectivity index (χ0n) is 10.8. The average Bonchev–Trinajstić information content (AvgIpc) is 2.88. The lowest BCUT2D eigenvalue weighted by atomic mass is 10.3. The summed E-state index contributed by atoms with van der Waals surface area (Å²) in [6.07, 6.45) is -0.266. The molecule has 2 rings (SSSR count). The summed E-state index contributed by atoms with van der Waals surface area (Å²) in [5, 5.41) is 5.22. The van der Waals surface area contributed by atoms with E-state index in [0.717, 1.165) is 12.6 Å². The molecule has 0 aliphatic rings. The van der Waals surface area contributed by atoms with Crippen LogP contribution in [-0.2, 0) is 6.54 Å². The molecule has 6 heteroatoms. The van der Waals surface area contributed by atoms with Crippen LogP contribution >= 0.6 is 27.3 Å². The van der Waals surface area contributed by atoms with Crippen molar-refractivity contribution < 1.29 is 13.5 Å². The van der Waals surface area contributed by atoms with Gasteiger partial charge in [0.1, 0.15) is 6.10 Å². The van der Waals surface area contributed by atoms with Gasteiger partial charge in [-0.1, -0.05) is 22.0 Å². The molecule has 1 N–H and O–H groups in total. The lowest BCUT2D eigenvalue weighted by Crippen LogP contribution is -2.28. The van der Waals surface area contributed by atoms with Crippen LogP contribution in [0.5, 0.6) is 5.75 Å². The van der Waals surface area contributed by atoms with E-state index >= 15 is 0 Å². The van der Waals surface area contributed by atoms with Crippen LogP contribution in [0.1, 0.15) is 11.8 Å². The summed E-state index contributed by atoms with van der Waals surface area (Å²) in [6.45, 7) is 3.09. The van der Waals surface area contributed by atoms with Crippen molar-refractivity contribution in [3.63, 3.8) is 0 Å². The number of hydrogen-bond acceptors (Lipinski definition) is 3. The Kier molecular flexibility index (Phi) is 5.51. The van der Waals surface area contributed by atoms with Gasteiger partial charge in [-0.2, -0.15) is 4.39 Å². The number of benzene rings is 1. The van der Waals surface area contributed by atoms with Gasteiger partial charge >= 0.3 is 0 Å². The van der Waals surface area contributed by atoms with Crippen LogP contribution in [-0.4, -0.2) is 12.6 Å². The molecule has 0 radical (unpaired) electrons. The van der Waals surface area contributed by atoms with E-state index in [1.54, 1.807) is 18.3 Å². The van der Waals surface area contributed by atoms with Crippen molar-refractivity contribution in [2.24, 2.45) is 0 Å². The van der Waals surface area contributed by atoms with E-state index in [1.807, 2.05) is 17.5 Å². The largest absolute Gasteiger partial charge is 0.486 e. The number of halogens is 3. The molecule has 108 valence electrons. The maximum absolute atomic E-state index is 13.5. The smallest absolute Gasteiger partial charge is 0.200 e. The molecule has 1 atom stereocenters. The van der Waals surface area contributed by atoms with Crippen LogP contribution in [0.2, 0.25) is 0 Å². The molecule has 0 fully saturated rings. The highest BCUT2D eigenvalue weighted by molar-refractivity contribution is 9.10. The Bertz CT molecular complexity index is 563. The number of hydrogen-bond donors (Lipinski definition) is 1. The maximum Gasteiger partial charge on any atom is 0.200 e. The first-order valence-corrected chi connectivity index (χ1v) is 7.78. The molecule has 20 heavy (non-hydrogen) atoms. The molecule has 0 spiro atoms. The monoisotopic (exact) mass is 361 g/mol. The third kappa shape index (κ3) is 4.26. The molecule has 0 saturated heterocycles. The highest BCUT2D eigenvalue weighted by atomic mass is 79.9. The van der Waals surface area contributed by atoms with Gasteiger partial charge in [-0.05, 0) is 30.5 Å². The van der Waals surface area contributed by atoms with E-state index in [9.17, 15) is 8.78 Å². The van der Waals surface area contributed by atoms with Gasteiger partial charge in [-0.15, -0.1) is 11.3 Å². The van der Waals surface area contributed by atoms with Crippen LogP contribution in [0, 0.1) is 11.6 Å². The summed E-state index contributed by atoms with van der Waals surface area (Å²) in [4.78, 5) is 1.22. The molecule has 1 aromatic heterocycles. The van der Waals surface area contributed by atoms with E-state index in [2.05, 4.69) is 21.2 Å². The molecule has 0 saturated carbocycles. The molecule has 2 nitrogen and oxygen atoms in total. The van der Waals surface area contributed by atoms with Crippen molar-refractivity contribution >= 4 is 27.3 Å². The molecule has 0 aliphatic carbocycles. The molecule has 2 aromatic rings. The van der Waals surface area contributed by atoms with E-state index in [1.165, 1.54) is 10.9 Å². The fourth-order valence-electron chi connectivity index (χ4n) is 1.69. The summed E-state index contributed by atoms with van der Waals surface area (Å²) in [7, 11) is 0. The van der Waals surface area contributed by atoms with E-state index in [-0.39, 0.29) is 11.9 Å². The Morgan fingerprint density at radius 3 is 2.90 bits per heavy atom. The molecule has 0 aliphatic heterocycles. The predicted octanol–water partition coefficient (Wildman–Crippen LogP) is 4.35. The van der Waals surface area contributed by atoms with Gasteiger partial charge in [-0.25, -0.2) is 4.39 Å². The second kappa shape index (κ2) is 7.15. The van der Waals surface area contributed by atoms with Gasteiger partial charge in [0.25, 0.3) is 0 Å². The van der Waals surface area contributed by atoms with E-state index in [0.29, 0.717) is 11.0 Å². The molecule has 1 heterocycles. The average molecular weight is 362 g/mol. The minimum atomic E-state index is -0.960. The van der Waals surface area contributed by atoms with Crippen LogP contribution in [0.15, 0.2) is 34.1 Å². The summed E-state index contributed by atoms with van der Waals surface area (Å²) < 4.78 is 32.6. The molecular weight excluding hydrogens is 348 g/mol. The van der Waals surface area contributed by atoms with Crippen molar-refractivity contribution in [1.29, 1.82) is 0 Å². The van der Waals surface area contributed by atoms with Gasteiger partial charge in [0.2, 0.25) is 5.82 Å². The quantitative estimate of drug-likeness (QED) is 0.772. The van der Waals surface area contributed by atoms with Gasteiger partial charge in [0, 0.05) is 22.4 Å². The summed E-state index contributed by atoms with van der Waals surface area (Å²) in [5.74, 6) is -1.96. The molecule has 0 amide bonds. The Labute approximate surface area is 128 Å². The topological polar surface area (TPSA) is 21.3 Å². The third-order valence-electron chi connectivity index (χ3n) is 2.60. The number of ether oxygens (including phenoxy) is 1. The Balaban J connectivity index is 1.86. The minimum absolute atomic E-state index is 0.0812. The summed E-state index contributed by atoms with van der Waals surface area (Å²) in [5.41, 5.74) is 0. The van der Waals surface area contributed by atoms with Crippen molar-refractivity contribution in [2.75, 3.05) is 6.54 Å². The maximum atomic E-state index is 13.5. The van der Waals surface area contributed by atoms with Crippen LogP contribution in [0.3, 0.4) is 0 Å². The second-order valence-electron chi connectivity index (χ2n) is 4.34. The fourth-order valence-corrected chi connectivity index (χ4v) is 2.77. The Morgan fingerprint density at radius 1 is 1.40 bits per heavy atom. The standard InChI is InChI=1S/C14H14BrF2NOS/c1-9(7-18-8-11-3-2-4-20-11)19-13-6-10(15)5-12(16)14(13)17/h2-6,9,18H,7-8H2,1H3. The van der Waals surface area contributed by atoms with Crippen LogP contribution in [0.25, 0.3) is 0 Å². The fraction of sp³-hybridized carbons (Fsp3) is 0.286. The van der Waals surface area contributed by atoms with E-state index in [4.69, 9.17) is 4.74 Å².